The Bertz CT molecular complexity index is 1200. The first kappa shape index (κ1) is 18.1. The number of hydrogen-bond acceptors (Lipinski definition) is 5. The van der Waals surface area contributed by atoms with Crippen LogP contribution in [-0.2, 0) is 24.5 Å². The zero-order valence-electron chi connectivity index (χ0n) is 15.4. The summed E-state index contributed by atoms with van der Waals surface area (Å²) in [5.41, 5.74) is 4.18. The molecule has 9 heteroatoms. The molecule has 0 fully saturated rings. The van der Waals surface area contributed by atoms with Crippen molar-refractivity contribution in [3.05, 3.63) is 60.6 Å². The lowest BCUT2D eigenvalue weighted by Crippen LogP contribution is -2.02. The van der Waals surface area contributed by atoms with Crippen LogP contribution in [0.15, 0.2) is 55.0 Å². The fraction of sp³-hybridized carbons (Fsp3) is 0.158. The Balaban J connectivity index is 1.78. The van der Waals surface area contributed by atoms with Crippen LogP contribution in [0.1, 0.15) is 5.56 Å². The van der Waals surface area contributed by atoms with E-state index in [1.165, 1.54) is 0 Å². The van der Waals surface area contributed by atoms with E-state index in [9.17, 15) is 8.42 Å². The van der Waals surface area contributed by atoms with Gasteiger partial charge in [0.2, 0.25) is 16.8 Å². The highest BCUT2D eigenvalue weighted by atomic mass is 32.2. The minimum Gasteiger partial charge on any atom is -0.480 e. The minimum atomic E-state index is -2.67. The second-order valence-electron chi connectivity index (χ2n) is 6.33. The van der Waals surface area contributed by atoms with Crippen LogP contribution in [0.4, 0.5) is 5.69 Å². The molecule has 144 valence electrons. The van der Waals surface area contributed by atoms with Gasteiger partial charge in [-0.05, 0) is 29.8 Å². The van der Waals surface area contributed by atoms with E-state index in [0.29, 0.717) is 18.1 Å². The fourth-order valence-corrected chi connectivity index (χ4v) is 3.59. The zero-order chi connectivity index (χ0) is 19.7. The molecule has 28 heavy (non-hydrogen) atoms. The Morgan fingerprint density at radius 1 is 1.11 bits per heavy atom. The summed E-state index contributed by atoms with van der Waals surface area (Å²) < 4.78 is 33.3. The molecule has 0 unspecified atom stereocenters. The van der Waals surface area contributed by atoms with Gasteiger partial charge in [-0.3, -0.25) is 9.40 Å². The highest BCUT2D eigenvalue weighted by Gasteiger charge is 2.18. The first-order valence-corrected chi connectivity index (χ1v) is 9.75. The van der Waals surface area contributed by atoms with Crippen LogP contribution < -0.4 is 9.46 Å². The van der Waals surface area contributed by atoms with Crippen molar-refractivity contribution in [3.63, 3.8) is 0 Å². The highest BCUT2D eigenvalue weighted by molar-refractivity contribution is 7.73. The third-order valence-electron chi connectivity index (χ3n) is 4.46. The second kappa shape index (κ2) is 7.35. The Morgan fingerprint density at radius 2 is 1.89 bits per heavy atom. The monoisotopic (exact) mass is 397 g/mol. The van der Waals surface area contributed by atoms with Crippen LogP contribution in [0.5, 0.6) is 5.88 Å². The van der Waals surface area contributed by atoms with Gasteiger partial charge in [0.15, 0.2) is 0 Å². The Morgan fingerprint density at radius 3 is 2.54 bits per heavy atom. The summed E-state index contributed by atoms with van der Waals surface area (Å²) in [5, 5.41) is 5.51. The van der Waals surface area contributed by atoms with E-state index >= 15 is 0 Å². The number of methoxy groups -OCH3 is 1. The van der Waals surface area contributed by atoms with Crippen LogP contribution in [0.3, 0.4) is 0 Å². The number of hydrogen-bond donors (Lipinski definition) is 2. The minimum absolute atomic E-state index is 0.518. The van der Waals surface area contributed by atoms with E-state index in [2.05, 4.69) is 19.4 Å². The third kappa shape index (κ3) is 3.44. The number of aryl methyl sites for hydroxylation is 1. The summed E-state index contributed by atoms with van der Waals surface area (Å²) in [6, 6.07) is 11.2. The van der Waals surface area contributed by atoms with E-state index < -0.39 is 10.9 Å². The molecule has 0 spiro atoms. The lowest BCUT2D eigenvalue weighted by atomic mass is 10.1. The van der Waals surface area contributed by atoms with Crippen LogP contribution in [0.25, 0.3) is 22.2 Å². The van der Waals surface area contributed by atoms with Gasteiger partial charge in [0.05, 0.1) is 23.9 Å². The first-order valence-electron chi connectivity index (χ1n) is 8.57. The van der Waals surface area contributed by atoms with Gasteiger partial charge in [-0.1, -0.05) is 12.1 Å². The number of fused-ring (bicyclic) bond motifs is 1. The average Bonchev–Trinajstić information content (AvgIpc) is 3.28. The standard InChI is InChI=1S/C19H19N5O3S/c1-23-9-8-16(21-23)17-18-14(11-20-19(17)27-2)7-10-24(18)12-13-3-5-15(6-4-13)22-28(25)26/h3-11,28H,12H2,1-2H3,(H,22,25,26). The Kier molecular flexibility index (Phi) is 4.74. The highest BCUT2D eigenvalue weighted by Crippen LogP contribution is 2.35. The molecule has 0 saturated carbocycles. The molecule has 0 aliphatic carbocycles. The molecule has 0 saturated heterocycles. The summed E-state index contributed by atoms with van der Waals surface area (Å²) in [4.78, 5) is 4.42. The number of anilines is 1. The molecular formula is C19H19N5O3S. The first-order chi connectivity index (χ1) is 13.5. The van der Waals surface area contributed by atoms with E-state index in [1.54, 1.807) is 30.1 Å². The molecule has 0 atom stereocenters. The molecule has 8 nitrogen and oxygen atoms in total. The van der Waals surface area contributed by atoms with Crippen molar-refractivity contribution < 1.29 is 13.2 Å². The lowest BCUT2D eigenvalue weighted by Gasteiger charge is -2.12. The average molecular weight is 397 g/mol. The predicted octanol–water partition coefficient (Wildman–Crippen LogP) is 2.43. The van der Waals surface area contributed by atoms with Gasteiger partial charge in [0.25, 0.3) is 0 Å². The maximum absolute atomic E-state index is 10.8. The molecule has 4 aromatic rings. The molecule has 3 heterocycles. The molecule has 1 aromatic carbocycles. The van der Waals surface area contributed by atoms with Gasteiger partial charge in [-0.25, -0.2) is 13.4 Å². The van der Waals surface area contributed by atoms with E-state index in [-0.39, 0.29) is 0 Å². The number of aromatic nitrogens is 4. The van der Waals surface area contributed by atoms with E-state index in [4.69, 9.17) is 4.74 Å². The zero-order valence-corrected chi connectivity index (χ0v) is 16.3. The lowest BCUT2D eigenvalue weighted by molar-refractivity contribution is 0.400. The number of benzene rings is 1. The van der Waals surface area contributed by atoms with Gasteiger partial charge in [-0.15, -0.1) is 0 Å². The van der Waals surface area contributed by atoms with E-state index in [1.807, 2.05) is 43.7 Å². The molecule has 0 aliphatic rings. The van der Waals surface area contributed by atoms with Crippen LogP contribution in [0.2, 0.25) is 0 Å². The quantitative estimate of drug-likeness (QED) is 0.488. The van der Waals surface area contributed by atoms with Gasteiger partial charge in [0, 0.05) is 43.3 Å². The summed E-state index contributed by atoms with van der Waals surface area (Å²) in [6.45, 7) is 0.611. The smallest absolute Gasteiger partial charge is 0.224 e. The van der Waals surface area contributed by atoms with Crippen LogP contribution >= 0.6 is 0 Å². The molecule has 0 bridgehead atoms. The number of thiol groups is 1. The largest absolute Gasteiger partial charge is 0.480 e. The van der Waals surface area contributed by atoms with Crippen LogP contribution in [-0.4, -0.2) is 34.9 Å². The van der Waals surface area contributed by atoms with Crippen molar-refractivity contribution in [2.75, 3.05) is 11.8 Å². The van der Waals surface area contributed by atoms with Gasteiger partial charge < -0.3 is 9.30 Å². The van der Waals surface area contributed by atoms with Crippen molar-refractivity contribution in [3.8, 4) is 17.1 Å². The van der Waals surface area contributed by atoms with E-state index in [0.717, 1.165) is 27.7 Å². The summed E-state index contributed by atoms with van der Waals surface area (Å²) in [6.07, 6.45) is 5.67. The second-order valence-corrected chi connectivity index (χ2v) is 7.07. The number of nitrogens with one attached hydrogen (secondary N) is 1. The Hall–Kier alpha value is -3.33. The number of rotatable bonds is 6. The molecule has 3 aromatic heterocycles. The fourth-order valence-electron chi connectivity index (χ4n) is 3.23. The maximum Gasteiger partial charge on any atom is 0.224 e. The molecule has 1 N–H and O–H groups in total. The number of ether oxygens (including phenoxy) is 1. The molecule has 4 rings (SSSR count). The van der Waals surface area contributed by atoms with Gasteiger partial charge in [0.1, 0.15) is 0 Å². The summed E-state index contributed by atoms with van der Waals surface area (Å²) >= 11 is 0. The summed E-state index contributed by atoms with van der Waals surface area (Å²) in [7, 11) is 0.797. The molecule has 0 amide bonds. The topological polar surface area (TPSA) is 91.0 Å². The SMILES string of the molecule is COc1ncc2ccn(Cc3ccc(N[SH](=O)=O)cc3)c2c1-c1ccn(C)n1. The summed E-state index contributed by atoms with van der Waals surface area (Å²) in [5.74, 6) is 0.518. The van der Waals surface area contributed by atoms with Gasteiger partial charge >= 0.3 is 0 Å². The third-order valence-corrected chi connectivity index (χ3v) is 4.90. The number of nitrogens with zero attached hydrogens (tertiary/aromatic N) is 4. The van der Waals surface area contributed by atoms with Crippen molar-refractivity contribution in [1.82, 2.24) is 19.3 Å². The number of pyridine rings is 1. The van der Waals surface area contributed by atoms with Crippen molar-refractivity contribution in [1.29, 1.82) is 0 Å². The van der Waals surface area contributed by atoms with Crippen molar-refractivity contribution >= 4 is 27.5 Å². The van der Waals surface area contributed by atoms with Crippen molar-refractivity contribution in [2.24, 2.45) is 7.05 Å². The maximum atomic E-state index is 10.8. The predicted molar refractivity (Wildman–Crippen MR) is 108 cm³/mol. The Labute approximate surface area is 163 Å². The van der Waals surface area contributed by atoms with Crippen LogP contribution in [0, 0.1) is 0 Å². The van der Waals surface area contributed by atoms with Crippen molar-refractivity contribution in [2.45, 2.75) is 6.54 Å². The molecular weight excluding hydrogens is 378 g/mol. The van der Waals surface area contributed by atoms with Gasteiger partial charge in [-0.2, -0.15) is 5.10 Å². The molecule has 0 aliphatic heterocycles. The molecule has 0 radical (unpaired) electrons. The normalized spacial score (nSPS) is 11.2.